The molecule has 1 amide bonds. The molecule has 0 saturated heterocycles. The van der Waals surface area contributed by atoms with Crippen LogP contribution in [0.25, 0.3) is 5.69 Å². The van der Waals surface area contributed by atoms with Crippen molar-refractivity contribution in [1.29, 1.82) is 0 Å². The summed E-state index contributed by atoms with van der Waals surface area (Å²) in [6.07, 6.45) is 1.61. The summed E-state index contributed by atoms with van der Waals surface area (Å²) in [7, 11) is 1.57. The van der Waals surface area contributed by atoms with E-state index in [0.717, 1.165) is 5.01 Å². The van der Waals surface area contributed by atoms with Gasteiger partial charge in [0.2, 0.25) is 0 Å². The van der Waals surface area contributed by atoms with E-state index in [9.17, 15) is 4.79 Å². The largest absolute Gasteiger partial charge is 0.494 e. The highest BCUT2D eigenvalue weighted by molar-refractivity contribution is 7.13. The summed E-state index contributed by atoms with van der Waals surface area (Å²) < 4.78 is 6.93. The van der Waals surface area contributed by atoms with Crippen molar-refractivity contribution in [2.24, 2.45) is 0 Å². The van der Waals surface area contributed by atoms with Crippen molar-refractivity contribution in [3.8, 4) is 11.4 Å². The molecular weight excluding hydrogens is 352 g/mol. The second-order valence-electron chi connectivity index (χ2n) is 6.76. The van der Waals surface area contributed by atoms with Crippen LogP contribution in [0.15, 0.2) is 24.4 Å². The molecule has 3 aromatic rings. The van der Waals surface area contributed by atoms with Crippen LogP contribution in [0, 0.1) is 6.92 Å². The van der Waals surface area contributed by atoms with E-state index >= 15 is 0 Å². The highest BCUT2D eigenvalue weighted by Crippen LogP contribution is 2.29. The summed E-state index contributed by atoms with van der Waals surface area (Å²) in [5.74, 6) is 1.01. The third-order valence-corrected chi connectivity index (χ3v) is 5.08. The number of anilines is 1. The number of hydrogen-bond acceptors (Lipinski definition) is 7. The van der Waals surface area contributed by atoms with Gasteiger partial charge in [-0.25, -0.2) is 4.98 Å². The van der Waals surface area contributed by atoms with Gasteiger partial charge in [0.25, 0.3) is 5.91 Å². The fraction of sp³-hybridized carbons (Fsp3) is 0.353. The zero-order chi connectivity index (χ0) is 18.9. The van der Waals surface area contributed by atoms with Crippen LogP contribution in [0.2, 0.25) is 0 Å². The maximum atomic E-state index is 12.6. The number of carbonyl (C=O) groups is 1. The minimum Gasteiger partial charge on any atom is -0.494 e. The van der Waals surface area contributed by atoms with Gasteiger partial charge in [-0.15, -0.1) is 16.4 Å². The smallest absolute Gasteiger partial charge is 0.267 e. The van der Waals surface area contributed by atoms with Gasteiger partial charge in [0.05, 0.1) is 18.3 Å². The maximum absolute atomic E-state index is 12.6. The van der Waals surface area contributed by atoms with Crippen LogP contribution in [0.1, 0.15) is 41.3 Å². The highest BCUT2D eigenvalue weighted by atomic mass is 32.1. The summed E-state index contributed by atoms with van der Waals surface area (Å²) in [4.78, 5) is 17.5. The van der Waals surface area contributed by atoms with Gasteiger partial charge >= 0.3 is 0 Å². The zero-order valence-electron chi connectivity index (χ0n) is 15.3. The first-order valence-electron chi connectivity index (χ1n) is 8.00. The molecule has 9 heteroatoms. The first-order valence-corrected chi connectivity index (χ1v) is 8.82. The third kappa shape index (κ3) is 3.57. The summed E-state index contributed by atoms with van der Waals surface area (Å²) in [5, 5.41) is 15.3. The summed E-state index contributed by atoms with van der Waals surface area (Å²) in [6.45, 7) is 7.99. The van der Waals surface area contributed by atoms with Crippen LogP contribution in [0.5, 0.6) is 5.75 Å². The number of methoxy groups -OCH3 is 1. The van der Waals surface area contributed by atoms with Gasteiger partial charge in [-0.1, -0.05) is 20.8 Å². The number of thiazole rings is 1. The van der Waals surface area contributed by atoms with Crippen molar-refractivity contribution in [3.63, 3.8) is 0 Å². The standard InChI is InChI=1S/C17H20N6O2S/c1-10-20-21-22-23(10)12-8-11(6-7-13(12)25-5)19-15(24)14-9-18-16(26-14)17(2,3)4/h6-9H,1-5H3,(H,19,24). The molecule has 26 heavy (non-hydrogen) atoms. The number of ether oxygens (including phenoxy) is 1. The Balaban J connectivity index is 1.87. The molecule has 0 fully saturated rings. The predicted molar refractivity (Wildman–Crippen MR) is 99.2 cm³/mol. The molecule has 0 saturated carbocycles. The monoisotopic (exact) mass is 372 g/mol. The van der Waals surface area contributed by atoms with E-state index < -0.39 is 0 Å². The average molecular weight is 372 g/mol. The lowest BCUT2D eigenvalue weighted by atomic mass is 9.98. The van der Waals surface area contributed by atoms with Crippen LogP contribution in [0.4, 0.5) is 5.69 Å². The topological polar surface area (TPSA) is 94.8 Å². The molecule has 8 nitrogen and oxygen atoms in total. The Kier molecular flexibility index (Phi) is 4.73. The average Bonchev–Trinajstić information content (AvgIpc) is 3.23. The second-order valence-corrected chi connectivity index (χ2v) is 7.79. The molecule has 3 rings (SSSR count). The molecule has 0 aliphatic rings. The van der Waals surface area contributed by atoms with Gasteiger partial charge in [0.15, 0.2) is 5.82 Å². The summed E-state index contributed by atoms with van der Waals surface area (Å²) in [5.41, 5.74) is 1.17. The van der Waals surface area contributed by atoms with Crippen molar-refractivity contribution in [3.05, 3.63) is 40.1 Å². The van der Waals surface area contributed by atoms with E-state index in [1.807, 2.05) is 0 Å². The molecular formula is C17H20N6O2S. The second kappa shape index (κ2) is 6.83. The number of benzene rings is 1. The van der Waals surface area contributed by atoms with Crippen LogP contribution in [-0.4, -0.2) is 38.2 Å². The molecule has 0 bridgehead atoms. The van der Waals surface area contributed by atoms with Crippen molar-refractivity contribution < 1.29 is 9.53 Å². The Morgan fingerprint density at radius 3 is 2.65 bits per heavy atom. The first kappa shape index (κ1) is 18.0. The number of hydrogen-bond donors (Lipinski definition) is 1. The number of aromatic nitrogens is 5. The molecule has 1 aromatic carbocycles. The Labute approximate surface area is 155 Å². The molecule has 2 heterocycles. The van der Waals surface area contributed by atoms with E-state index in [4.69, 9.17) is 4.74 Å². The van der Waals surface area contributed by atoms with Crippen molar-refractivity contribution in [1.82, 2.24) is 25.2 Å². The van der Waals surface area contributed by atoms with Crippen molar-refractivity contribution in [2.45, 2.75) is 33.1 Å². The van der Waals surface area contributed by atoms with Crippen molar-refractivity contribution in [2.75, 3.05) is 12.4 Å². The van der Waals surface area contributed by atoms with Gasteiger partial charge in [-0.3, -0.25) is 4.79 Å². The zero-order valence-corrected chi connectivity index (χ0v) is 16.1. The number of carbonyl (C=O) groups excluding carboxylic acids is 1. The van der Waals surface area contributed by atoms with E-state index in [1.165, 1.54) is 11.3 Å². The number of amides is 1. The molecule has 136 valence electrons. The van der Waals surface area contributed by atoms with Crippen LogP contribution < -0.4 is 10.1 Å². The van der Waals surface area contributed by atoms with E-state index in [2.05, 4.69) is 46.6 Å². The molecule has 0 aliphatic heterocycles. The minimum atomic E-state index is -0.206. The highest BCUT2D eigenvalue weighted by Gasteiger charge is 2.21. The Bertz CT molecular complexity index is 941. The summed E-state index contributed by atoms with van der Waals surface area (Å²) in [6, 6.07) is 5.30. The molecule has 0 unspecified atom stereocenters. The molecule has 0 aliphatic carbocycles. The Morgan fingerprint density at radius 2 is 2.08 bits per heavy atom. The van der Waals surface area contributed by atoms with Gasteiger partial charge in [0.1, 0.15) is 16.3 Å². The number of rotatable bonds is 4. The maximum Gasteiger partial charge on any atom is 0.267 e. The van der Waals surface area contributed by atoms with Crippen LogP contribution >= 0.6 is 11.3 Å². The number of nitrogens with zero attached hydrogens (tertiary/aromatic N) is 5. The van der Waals surface area contributed by atoms with Crippen molar-refractivity contribution >= 4 is 22.9 Å². The number of tetrazole rings is 1. The van der Waals surface area contributed by atoms with Crippen LogP contribution in [0.3, 0.4) is 0 Å². The van der Waals surface area contributed by atoms with Gasteiger partial charge in [0, 0.05) is 11.1 Å². The SMILES string of the molecule is COc1ccc(NC(=O)c2cnc(C(C)(C)C)s2)cc1-n1nnnc1C. The van der Waals surface area contributed by atoms with Gasteiger partial charge in [-0.2, -0.15) is 4.68 Å². The third-order valence-electron chi connectivity index (χ3n) is 3.66. The number of nitrogens with one attached hydrogen (secondary N) is 1. The number of aryl methyl sites for hydroxylation is 1. The lowest BCUT2D eigenvalue weighted by Crippen LogP contribution is -2.11. The fourth-order valence-electron chi connectivity index (χ4n) is 2.31. The van der Waals surface area contributed by atoms with E-state index in [1.54, 1.807) is 43.1 Å². The lowest BCUT2D eigenvalue weighted by Gasteiger charge is -2.13. The summed E-state index contributed by atoms with van der Waals surface area (Å²) >= 11 is 1.39. The van der Waals surface area contributed by atoms with Gasteiger partial charge < -0.3 is 10.1 Å². The molecule has 2 aromatic heterocycles. The molecule has 0 radical (unpaired) electrons. The first-order chi connectivity index (χ1) is 12.3. The molecule has 0 atom stereocenters. The Morgan fingerprint density at radius 1 is 1.31 bits per heavy atom. The molecule has 1 N–H and O–H groups in total. The normalized spacial score (nSPS) is 11.4. The quantitative estimate of drug-likeness (QED) is 0.756. The lowest BCUT2D eigenvalue weighted by molar-refractivity contribution is 0.103. The fourth-order valence-corrected chi connectivity index (χ4v) is 3.18. The van der Waals surface area contributed by atoms with E-state index in [-0.39, 0.29) is 11.3 Å². The predicted octanol–water partition coefficient (Wildman–Crippen LogP) is 2.99. The Hall–Kier alpha value is -2.81. The van der Waals surface area contributed by atoms with E-state index in [0.29, 0.717) is 27.8 Å². The minimum absolute atomic E-state index is 0.0892. The van der Waals surface area contributed by atoms with Gasteiger partial charge in [-0.05, 0) is 35.5 Å². The van der Waals surface area contributed by atoms with Crippen LogP contribution in [-0.2, 0) is 5.41 Å². The molecule has 0 spiro atoms.